The number of ketones is 1. The number of carbonyl (C=O) groups excluding carboxylic acids is 1. The van der Waals surface area contributed by atoms with E-state index in [1.165, 1.54) is 6.42 Å². The van der Waals surface area contributed by atoms with Gasteiger partial charge < -0.3 is 5.11 Å². The molecule has 1 aromatic rings. The first-order chi connectivity index (χ1) is 8.31. The van der Waals surface area contributed by atoms with E-state index < -0.39 is 0 Å². The fourth-order valence-electron chi connectivity index (χ4n) is 2.17. The van der Waals surface area contributed by atoms with Crippen LogP contribution in [0.25, 0.3) is 0 Å². The second kappa shape index (κ2) is 5.94. The first-order valence-electron chi connectivity index (χ1n) is 6.24. The number of carbonyl (C=O) groups is 1. The fraction of sp³-hybridized carbons (Fsp3) is 0.500. The molecule has 1 N–H and O–H groups in total. The summed E-state index contributed by atoms with van der Waals surface area (Å²) < 4.78 is 0. The predicted octanol–water partition coefficient (Wildman–Crippen LogP) is 1.72. The van der Waals surface area contributed by atoms with E-state index in [4.69, 9.17) is 5.11 Å². The number of benzene rings is 1. The van der Waals surface area contributed by atoms with Gasteiger partial charge in [-0.1, -0.05) is 36.8 Å². The van der Waals surface area contributed by atoms with Gasteiger partial charge in [0, 0.05) is 18.2 Å². The van der Waals surface area contributed by atoms with Crippen LogP contribution in [0.1, 0.15) is 29.6 Å². The van der Waals surface area contributed by atoms with Crippen LogP contribution in [0.5, 0.6) is 0 Å². The number of Topliss-reactive ketones (excluding diaryl/α,β-unsaturated/α-hetero) is 1. The van der Waals surface area contributed by atoms with Crippen molar-refractivity contribution in [2.24, 2.45) is 0 Å². The third kappa shape index (κ3) is 3.14. The number of hydrogen-bond acceptors (Lipinski definition) is 3. The third-order valence-electron chi connectivity index (χ3n) is 3.42. The van der Waals surface area contributed by atoms with Gasteiger partial charge in [-0.05, 0) is 12.8 Å². The second-order valence-electron chi connectivity index (χ2n) is 4.57. The third-order valence-corrected chi connectivity index (χ3v) is 3.42. The zero-order chi connectivity index (χ0) is 12.1. The van der Waals surface area contributed by atoms with Crippen molar-refractivity contribution in [1.82, 2.24) is 4.90 Å². The quantitative estimate of drug-likeness (QED) is 0.760. The van der Waals surface area contributed by atoms with Gasteiger partial charge in [-0.3, -0.25) is 9.69 Å². The predicted molar refractivity (Wildman–Crippen MR) is 67.1 cm³/mol. The van der Waals surface area contributed by atoms with Crippen molar-refractivity contribution < 1.29 is 9.90 Å². The lowest BCUT2D eigenvalue weighted by atomic mass is 9.91. The summed E-state index contributed by atoms with van der Waals surface area (Å²) in [7, 11) is 0. The molecule has 2 rings (SSSR count). The maximum Gasteiger partial charge on any atom is 0.176 e. The Hall–Kier alpha value is -1.19. The van der Waals surface area contributed by atoms with Gasteiger partial charge in [0.2, 0.25) is 0 Å². The zero-order valence-corrected chi connectivity index (χ0v) is 10.0. The Morgan fingerprint density at radius 1 is 1.29 bits per heavy atom. The Labute approximate surface area is 102 Å². The van der Waals surface area contributed by atoms with Crippen LogP contribution in [-0.2, 0) is 0 Å². The lowest BCUT2D eigenvalue weighted by Gasteiger charge is -2.36. The van der Waals surface area contributed by atoms with Crippen LogP contribution in [0.2, 0.25) is 0 Å². The van der Waals surface area contributed by atoms with Gasteiger partial charge in [0.1, 0.15) is 0 Å². The summed E-state index contributed by atoms with van der Waals surface area (Å²) in [4.78, 5) is 14.2. The van der Waals surface area contributed by atoms with E-state index in [2.05, 4.69) is 4.90 Å². The monoisotopic (exact) mass is 233 g/mol. The Bertz CT molecular complexity index is 360. The van der Waals surface area contributed by atoms with Gasteiger partial charge in [0.25, 0.3) is 0 Å². The Kier molecular flexibility index (Phi) is 4.29. The SMILES string of the molecule is O=C(CN(CCO)C1CCC1)c1ccccc1. The highest BCUT2D eigenvalue weighted by Gasteiger charge is 2.26. The molecular formula is C14H19NO2. The van der Waals surface area contributed by atoms with E-state index in [1.54, 1.807) is 0 Å². The average molecular weight is 233 g/mol. The van der Waals surface area contributed by atoms with Gasteiger partial charge in [0.05, 0.1) is 13.2 Å². The molecule has 0 heterocycles. The average Bonchev–Trinajstić information content (AvgIpc) is 2.28. The lowest BCUT2D eigenvalue weighted by molar-refractivity contribution is 0.0747. The summed E-state index contributed by atoms with van der Waals surface area (Å²) in [5, 5.41) is 9.04. The molecule has 0 radical (unpaired) electrons. The summed E-state index contributed by atoms with van der Waals surface area (Å²) in [5.41, 5.74) is 0.759. The van der Waals surface area contributed by atoms with Crippen LogP contribution in [0.4, 0.5) is 0 Å². The normalized spacial score (nSPS) is 15.9. The Balaban J connectivity index is 1.95. The summed E-state index contributed by atoms with van der Waals surface area (Å²) in [5.74, 6) is 0.144. The second-order valence-corrected chi connectivity index (χ2v) is 4.57. The Morgan fingerprint density at radius 2 is 2.00 bits per heavy atom. The number of aliphatic hydroxyl groups is 1. The van der Waals surface area contributed by atoms with E-state index in [-0.39, 0.29) is 12.4 Å². The molecular weight excluding hydrogens is 214 g/mol. The topological polar surface area (TPSA) is 40.5 Å². The van der Waals surface area contributed by atoms with Crippen LogP contribution in [0.15, 0.2) is 30.3 Å². The first kappa shape index (κ1) is 12.3. The molecule has 17 heavy (non-hydrogen) atoms. The van der Waals surface area contributed by atoms with E-state index >= 15 is 0 Å². The molecule has 92 valence electrons. The molecule has 0 aliphatic heterocycles. The highest BCUT2D eigenvalue weighted by molar-refractivity contribution is 5.97. The molecule has 1 aromatic carbocycles. The number of nitrogens with zero attached hydrogens (tertiary/aromatic N) is 1. The van der Waals surface area contributed by atoms with Crippen LogP contribution >= 0.6 is 0 Å². The number of aliphatic hydroxyl groups excluding tert-OH is 1. The van der Waals surface area contributed by atoms with E-state index in [9.17, 15) is 4.79 Å². The van der Waals surface area contributed by atoms with Crippen molar-refractivity contribution in [3.8, 4) is 0 Å². The van der Waals surface area contributed by atoms with Crippen molar-refractivity contribution in [3.63, 3.8) is 0 Å². The van der Waals surface area contributed by atoms with Gasteiger partial charge in [0.15, 0.2) is 5.78 Å². The van der Waals surface area contributed by atoms with Crippen molar-refractivity contribution in [3.05, 3.63) is 35.9 Å². The molecule has 0 amide bonds. The van der Waals surface area contributed by atoms with Gasteiger partial charge >= 0.3 is 0 Å². The molecule has 1 fully saturated rings. The minimum atomic E-state index is 0.124. The minimum absolute atomic E-state index is 0.124. The van der Waals surface area contributed by atoms with E-state index in [1.807, 2.05) is 30.3 Å². The van der Waals surface area contributed by atoms with Crippen molar-refractivity contribution in [2.75, 3.05) is 19.7 Å². The van der Waals surface area contributed by atoms with Gasteiger partial charge in [-0.25, -0.2) is 0 Å². The molecule has 0 spiro atoms. The minimum Gasteiger partial charge on any atom is -0.395 e. The fourth-order valence-corrected chi connectivity index (χ4v) is 2.17. The maximum atomic E-state index is 12.1. The lowest BCUT2D eigenvalue weighted by Crippen LogP contribution is -2.44. The summed E-state index contributed by atoms with van der Waals surface area (Å²) >= 11 is 0. The van der Waals surface area contributed by atoms with Crippen molar-refractivity contribution in [2.45, 2.75) is 25.3 Å². The Morgan fingerprint density at radius 3 is 2.53 bits per heavy atom. The molecule has 1 aliphatic carbocycles. The molecule has 0 aromatic heterocycles. The summed E-state index contributed by atoms with van der Waals surface area (Å²) in [6.45, 7) is 1.15. The highest BCUT2D eigenvalue weighted by atomic mass is 16.3. The van der Waals surface area contributed by atoms with Crippen LogP contribution in [0, 0.1) is 0 Å². The molecule has 0 bridgehead atoms. The van der Waals surface area contributed by atoms with Crippen LogP contribution < -0.4 is 0 Å². The number of rotatable bonds is 6. The molecule has 0 atom stereocenters. The largest absolute Gasteiger partial charge is 0.395 e. The smallest absolute Gasteiger partial charge is 0.176 e. The molecule has 3 nitrogen and oxygen atoms in total. The first-order valence-corrected chi connectivity index (χ1v) is 6.24. The van der Waals surface area contributed by atoms with Crippen LogP contribution in [-0.4, -0.2) is 41.5 Å². The van der Waals surface area contributed by atoms with Gasteiger partial charge in [-0.2, -0.15) is 0 Å². The summed E-state index contributed by atoms with van der Waals surface area (Å²) in [6, 6.07) is 9.86. The number of hydrogen-bond donors (Lipinski definition) is 1. The standard InChI is InChI=1S/C14H19NO2/c16-10-9-15(13-7-4-8-13)11-14(17)12-5-2-1-3-6-12/h1-3,5-6,13,16H,4,7-11H2. The van der Waals surface area contributed by atoms with Crippen molar-refractivity contribution >= 4 is 5.78 Å². The molecule has 3 heteroatoms. The molecule has 0 saturated heterocycles. The van der Waals surface area contributed by atoms with Crippen molar-refractivity contribution in [1.29, 1.82) is 0 Å². The molecule has 1 aliphatic rings. The van der Waals surface area contributed by atoms with E-state index in [0.717, 1.165) is 18.4 Å². The molecule has 1 saturated carbocycles. The zero-order valence-electron chi connectivity index (χ0n) is 10.0. The van der Waals surface area contributed by atoms with Gasteiger partial charge in [-0.15, -0.1) is 0 Å². The molecule has 0 unspecified atom stereocenters. The van der Waals surface area contributed by atoms with E-state index in [0.29, 0.717) is 19.1 Å². The maximum absolute atomic E-state index is 12.1. The summed E-state index contributed by atoms with van der Waals surface area (Å²) in [6.07, 6.45) is 3.55. The van der Waals surface area contributed by atoms with Crippen LogP contribution in [0.3, 0.4) is 0 Å². The highest BCUT2D eigenvalue weighted by Crippen LogP contribution is 2.24.